The van der Waals surface area contributed by atoms with Gasteiger partial charge in [-0.05, 0) is 12.3 Å². The summed E-state index contributed by atoms with van der Waals surface area (Å²) < 4.78 is 22.8. The van der Waals surface area contributed by atoms with Gasteiger partial charge in [-0.1, -0.05) is 32.1 Å². The minimum atomic E-state index is -0.173. The molecule has 0 unspecified atom stereocenters. The van der Waals surface area contributed by atoms with Gasteiger partial charge in [0.2, 0.25) is 0 Å². The molecule has 0 amide bonds. The third kappa shape index (κ3) is 3.30. The van der Waals surface area contributed by atoms with Crippen LogP contribution in [0, 0.1) is 5.92 Å². The molecule has 110 valence electrons. The van der Waals surface area contributed by atoms with E-state index < -0.39 is 0 Å². The van der Waals surface area contributed by atoms with E-state index in [4.69, 9.17) is 18.9 Å². The summed E-state index contributed by atoms with van der Waals surface area (Å²) in [7, 11) is 1.72. The third-order valence-corrected chi connectivity index (χ3v) is 4.80. The Bertz CT molecular complexity index is 277. The van der Waals surface area contributed by atoms with Gasteiger partial charge in [0.05, 0.1) is 12.7 Å². The van der Waals surface area contributed by atoms with Crippen molar-refractivity contribution >= 4 is 0 Å². The van der Waals surface area contributed by atoms with E-state index >= 15 is 0 Å². The largest absolute Gasteiger partial charge is 0.376 e. The minimum absolute atomic E-state index is 0.0263. The summed E-state index contributed by atoms with van der Waals surface area (Å²) in [5, 5.41) is 0. The van der Waals surface area contributed by atoms with Crippen molar-refractivity contribution in [1.29, 1.82) is 0 Å². The molecule has 0 radical (unpaired) electrons. The highest BCUT2D eigenvalue weighted by Crippen LogP contribution is 2.32. The second-order valence-electron chi connectivity index (χ2n) is 6.09. The molecule has 0 N–H and O–H groups in total. The van der Waals surface area contributed by atoms with Crippen molar-refractivity contribution in [1.82, 2.24) is 0 Å². The van der Waals surface area contributed by atoms with E-state index in [0.29, 0.717) is 6.61 Å². The number of hydrogen-bond donors (Lipinski definition) is 0. The summed E-state index contributed by atoms with van der Waals surface area (Å²) in [5.41, 5.74) is 0. The molecule has 19 heavy (non-hydrogen) atoms. The highest BCUT2D eigenvalue weighted by molar-refractivity contribution is 4.87. The van der Waals surface area contributed by atoms with Gasteiger partial charge in [-0.2, -0.15) is 0 Å². The van der Waals surface area contributed by atoms with E-state index in [1.54, 1.807) is 7.11 Å². The zero-order valence-corrected chi connectivity index (χ0v) is 11.9. The van der Waals surface area contributed by atoms with Crippen molar-refractivity contribution < 1.29 is 18.9 Å². The molecule has 4 nitrogen and oxygen atoms in total. The molecule has 1 aliphatic carbocycles. The van der Waals surface area contributed by atoms with Crippen molar-refractivity contribution in [3.8, 4) is 0 Å². The molecule has 1 saturated carbocycles. The van der Waals surface area contributed by atoms with Crippen molar-refractivity contribution in [2.45, 2.75) is 69.5 Å². The molecule has 3 rings (SSSR count). The summed E-state index contributed by atoms with van der Waals surface area (Å²) in [6.45, 7) is 1.51. The second-order valence-corrected chi connectivity index (χ2v) is 6.09. The monoisotopic (exact) mass is 270 g/mol. The topological polar surface area (TPSA) is 36.9 Å². The number of rotatable bonds is 5. The van der Waals surface area contributed by atoms with Crippen LogP contribution in [-0.2, 0) is 18.9 Å². The Morgan fingerprint density at radius 3 is 2.74 bits per heavy atom. The van der Waals surface area contributed by atoms with Gasteiger partial charge in [-0.15, -0.1) is 0 Å². The third-order valence-electron chi connectivity index (χ3n) is 4.80. The van der Waals surface area contributed by atoms with Gasteiger partial charge in [0.25, 0.3) is 0 Å². The molecule has 2 saturated heterocycles. The predicted octanol–water partition coefficient (Wildman–Crippen LogP) is 2.50. The lowest BCUT2D eigenvalue weighted by Crippen LogP contribution is -2.44. The molecule has 0 aromatic rings. The molecular formula is C15H26O4. The van der Waals surface area contributed by atoms with E-state index in [1.165, 1.54) is 38.5 Å². The van der Waals surface area contributed by atoms with Gasteiger partial charge in [0, 0.05) is 20.1 Å². The molecule has 2 heterocycles. The smallest absolute Gasteiger partial charge is 0.184 e. The van der Waals surface area contributed by atoms with Crippen LogP contribution >= 0.6 is 0 Å². The van der Waals surface area contributed by atoms with Gasteiger partial charge in [-0.25, -0.2) is 0 Å². The zero-order valence-electron chi connectivity index (χ0n) is 11.9. The van der Waals surface area contributed by atoms with E-state index in [0.717, 1.165) is 18.9 Å². The molecule has 2 aliphatic heterocycles. The van der Waals surface area contributed by atoms with Crippen LogP contribution in [0.3, 0.4) is 0 Å². The normalized spacial score (nSPS) is 39.6. The highest BCUT2D eigenvalue weighted by atomic mass is 16.7. The Balaban J connectivity index is 1.41. The van der Waals surface area contributed by atoms with Crippen molar-refractivity contribution in [3.63, 3.8) is 0 Å². The highest BCUT2D eigenvalue weighted by Gasteiger charge is 2.44. The van der Waals surface area contributed by atoms with Crippen LogP contribution < -0.4 is 0 Å². The SMILES string of the molecule is CO[C@@H]1C[C@H](OCCC2CCCCC2)[C@H]2CO[C@@H]1O2. The number of fused-ring (bicyclic) bond motifs is 2. The molecule has 3 fully saturated rings. The average Bonchev–Trinajstić information content (AvgIpc) is 2.87. The standard InChI is InChI=1S/C15H26O4/c1-16-13-9-12(14-10-18-15(13)19-14)17-8-7-11-5-3-2-4-6-11/h11-15H,2-10H2,1H3/t12-,13+,14+,15+/m0/s1. The quantitative estimate of drug-likeness (QED) is 0.769. The number of ether oxygens (including phenoxy) is 4. The number of hydrogen-bond acceptors (Lipinski definition) is 4. The molecular weight excluding hydrogens is 244 g/mol. The molecule has 4 atom stereocenters. The fourth-order valence-corrected chi connectivity index (χ4v) is 3.57. The molecule has 0 aromatic heterocycles. The van der Waals surface area contributed by atoms with Crippen LogP contribution in [0.2, 0.25) is 0 Å². The van der Waals surface area contributed by atoms with Gasteiger partial charge in [0.15, 0.2) is 6.29 Å². The fourth-order valence-electron chi connectivity index (χ4n) is 3.57. The maximum absolute atomic E-state index is 6.06. The van der Waals surface area contributed by atoms with Gasteiger partial charge >= 0.3 is 0 Å². The van der Waals surface area contributed by atoms with Crippen molar-refractivity contribution in [2.24, 2.45) is 5.92 Å². The predicted molar refractivity (Wildman–Crippen MR) is 71.0 cm³/mol. The van der Waals surface area contributed by atoms with E-state index in [2.05, 4.69) is 0 Å². The Kier molecular flexibility index (Phi) is 4.74. The summed E-state index contributed by atoms with van der Waals surface area (Å²) in [6.07, 6.45) is 9.22. The van der Waals surface area contributed by atoms with Gasteiger partial charge in [0.1, 0.15) is 12.2 Å². The van der Waals surface area contributed by atoms with E-state index in [9.17, 15) is 0 Å². The Labute approximate surface area is 115 Å². The summed E-state index contributed by atoms with van der Waals surface area (Å²) >= 11 is 0. The Morgan fingerprint density at radius 1 is 1.11 bits per heavy atom. The molecule has 4 heteroatoms. The van der Waals surface area contributed by atoms with Crippen LogP contribution in [0.1, 0.15) is 44.9 Å². The summed E-state index contributed by atoms with van der Waals surface area (Å²) in [5.74, 6) is 0.879. The minimum Gasteiger partial charge on any atom is -0.376 e. The van der Waals surface area contributed by atoms with Crippen LogP contribution in [0.4, 0.5) is 0 Å². The van der Waals surface area contributed by atoms with Crippen LogP contribution in [0.5, 0.6) is 0 Å². The average molecular weight is 270 g/mol. The van der Waals surface area contributed by atoms with Crippen LogP contribution in [0.15, 0.2) is 0 Å². The lowest BCUT2D eigenvalue weighted by molar-refractivity contribution is -0.199. The molecule has 0 spiro atoms. The summed E-state index contributed by atoms with van der Waals surface area (Å²) in [4.78, 5) is 0. The van der Waals surface area contributed by atoms with Crippen LogP contribution in [-0.4, -0.2) is 44.9 Å². The van der Waals surface area contributed by atoms with Gasteiger partial charge < -0.3 is 18.9 Å². The van der Waals surface area contributed by atoms with E-state index in [-0.39, 0.29) is 24.6 Å². The van der Waals surface area contributed by atoms with Crippen LogP contribution in [0.25, 0.3) is 0 Å². The number of methoxy groups -OCH3 is 1. The zero-order chi connectivity index (χ0) is 13.1. The molecule has 2 bridgehead atoms. The molecule has 3 aliphatic rings. The first-order valence-corrected chi connectivity index (χ1v) is 7.78. The van der Waals surface area contributed by atoms with Crippen molar-refractivity contribution in [2.75, 3.05) is 20.3 Å². The fraction of sp³-hybridized carbons (Fsp3) is 1.00. The first-order chi connectivity index (χ1) is 9.36. The Morgan fingerprint density at radius 2 is 1.95 bits per heavy atom. The first-order valence-electron chi connectivity index (χ1n) is 7.78. The first kappa shape index (κ1) is 13.8. The lowest BCUT2D eigenvalue weighted by Gasteiger charge is -2.33. The van der Waals surface area contributed by atoms with Crippen molar-refractivity contribution in [3.05, 3.63) is 0 Å². The Hall–Kier alpha value is -0.160. The molecule has 0 aromatic carbocycles. The van der Waals surface area contributed by atoms with E-state index in [1.807, 2.05) is 0 Å². The summed E-state index contributed by atoms with van der Waals surface area (Å²) in [6, 6.07) is 0. The maximum atomic E-state index is 6.06. The maximum Gasteiger partial charge on any atom is 0.184 e. The lowest BCUT2D eigenvalue weighted by atomic mass is 9.87. The second kappa shape index (κ2) is 6.53. The van der Waals surface area contributed by atoms with Gasteiger partial charge in [-0.3, -0.25) is 0 Å².